The third-order valence-electron chi connectivity index (χ3n) is 3.53. The van der Waals surface area contributed by atoms with Gasteiger partial charge in [0.05, 0.1) is 16.8 Å². The fourth-order valence-corrected chi connectivity index (χ4v) is 2.70. The molecule has 1 aliphatic rings. The van der Waals surface area contributed by atoms with Gasteiger partial charge in [-0.2, -0.15) is 4.98 Å². The van der Waals surface area contributed by atoms with Crippen molar-refractivity contribution in [3.05, 3.63) is 58.0 Å². The van der Waals surface area contributed by atoms with Crippen LogP contribution in [0.3, 0.4) is 0 Å². The summed E-state index contributed by atoms with van der Waals surface area (Å²) in [5, 5.41) is 10.5. The standard InChI is InChI=1S/C15H8N2O3/c18-10-6-5-9-11-12(10)14(19)8-4-2-1-3-7(8)13(11)17-15(20)16-9/h1-6,18H,(H,16,17,20). The third kappa shape index (κ3) is 1.23. The van der Waals surface area contributed by atoms with Crippen LogP contribution in [0.5, 0.6) is 5.75 Å². The maximum absolute atomic E-state index is 12.5. The predicted octanol–water partition coefficient (Wildman–Crippen LogP) is 1.84. The number of rotatable bonds is 0. The Balaban J connectivity index is 2.33. The number of H-pyrrole nitrogens is 1. The molecule has 1 aliphatic carbocycles. The zero-order chi connectivity index (χ0) is 13.9. The van der Waals surface area contributed by atoms with E-state index in [1.54, 1.807) is 24.3 Å². The minimum atomic E-state index is -0.478. The molecule has 2 N–H and O–H groups in total. The number of ketones is 1. The van der Waals surface area contributed by atoms with Crippen molar-refractivity contribution in [2.75, 3.05) is 0 Å². The van der Waals surface area contributed by atoms with Gasteiger partial charge in [0, 0.05) is 16.5 Å². The fourth-order valence-electron chi connectivity index (χ4n) is 2.70. The molecule has 0 atom stereocenters. The summed E-state index contributed by atoms with van der Waals surface area (Å²) >= 11 is 0. The van der Waals surface area contributed by atoms with E-state index in [2.05, 4.69) is 9.97 Å². The summed E-state index contributed by atoms with van der Waals surface area (Å²) in [4.78, 5) is 30.7. The minimum absolute atomic E-state index is 0.105. The molecule has 0 spiro atoms. The zero-order valence-corrected chi connectivity index (χ0v) is 10.2. The van der Waals surface area contributed by atoms with E-state index in [0.29, 0.717) is 27.7 Å². The highest BCUT2D eigenvalue weighted by molar-refractivity contribution is 6.26. The van der Waals surface area contributed by atoms with Crippen LogP contribution in [0.2, 0.25) is 0 Å². The van der Waals surface area contributed by atoms with Gasteiger partial charge in [-0.25, -0.2) is 4.79 Å². The van der Waals surface area contributed by atoms with E-state index < -0.39 is 5.69 Å². The van der Waals surface area contributed by atoms with Crippen LogP contribution in [-0.4, -0.2) is 20.9 Å². The van der Waals surface area contributed by atoms with E-state index in [0.717, 1.165) is 0 Å². The lowest BCUT2D eigenvalue weighted by Crippen LogP contribution is -2.18. The van der Waals surface area contributed by atoms with Crippen molar-refractivity contribution >= 4 is 16.7 Å². The van der Waals surface area contributed by atoms with Gasteiger partial charge in [0.2, 0.25) is 0 Å². The van der Waals surface area contributed by atoms with Gasteiger partial charge in [0.25, 0.3) is 0 Å². The second-order valence-electron chi connectivity index (χ2n) is 4.65. The molecule has 0 bridgehead atoms. The smallest absolute Gasteiger partial charge is 0.345 e. The normalized spacial score (nSPS) is 12.5. The molecule has 2 aromatic carbocycles. The average Bonchev–Trinajstić information content (AvgIpc) is 2.45. The van der Waals surface area contributed by atoms with Crippen molar-refractivity contribution in [3.8, 4) is 17.0 Å². The lowest BCUT2D eigenvalue weighted by atomic mass is 9.86. The van der Waals surface area contributed by atoms with Gasteiger partial charge in [-0.3, -0.25) is 4.79 Å². The Labute approximate surface area is 112 Å². The van der Waals surface area contributed by atoms with Crippen LogP contribution < -0.4 is 5.69 Å². The molecular weight excluding hydrogens is 256 g/mol. The number of aromatic amines is 1. The van der Waals surface area contributed by atoms with Crippen LogP contribution in [0.15, 0.2) is 41.2 Å². The highest BCUT2D eigenvalue weighted by Gasteiger charge is 2.28. The van der Waals surface area contributed by atoms with Gasteiger partial charge in [0.15, 0.2) is 5.78 Å². The first-order valence-corrected chi connectivity index (χ1v) is 6.07. The Bertz CT molecular complexity index is 957. The van der Waals surface area contributed by atoms with Gasteiger partial charge in [-0.1, -0.05) is 24.3 Å². The van der Waals surface area contributed by atoms with Crippen molar-refractivity contribution in [2.45, 2.75) is 0 Å². The summed E-state index contributed by atoms with van der Waals surface area (Å²) in [7, 11) is 0. The molecule has 0 unspecified atom stereocenters. The van der Waals surface area contributed by atoms with Gasteiger partial charge in [-0.05, 0) is 12.1 Å². The largest absolute Gasteiger partial charge is 0.507 e. The summed E-state index contributed by atoms with van der Waals surface area (Å²) in [6, 6.07) is 9.92. The van der Waals surface area contributed by atoms with Gasteiger partial charge in [0.1, 0.15) is 5.75 Å². The van der Waals surface area contributed by atoms with Crippen molar-refractivity contribution < 1.29 is 9.90 Å². The Morgan fingerprint density at radius 3 is 2.55 bits per heavy atom. The highest BCUT2D eigenvalue weighted by atomic mass is 16.3. The molecule has 0 saturated heterocycles. The average molecular weight is 264 g/mol. The number of carbonyl (C=O) groups is 1. The van der Waals surface area contributed by atoms with Crippen LogP contribution >= 0.6 is 0 Å². The summed E-state index contributed by atoms with van der Waals surface area (Å²) in [5.41, 5.74) is 1.76. The molecule has 0 aliphatic heterocycles. The summed E-state index contributed by atoms with van der Waals surface area (Å²) < 4.78 is 0. The van der Waals surface area contributed by atoms with E-state index in [1.165, 1.54) is 12.1 Å². The number of phenols is 1. The molecule has 0 radical (unpaired) electrons. The van der Waals surface area contributed by atoms with E-state index in [-0.39, 0.29) is 17.1 Å². The monoisotopic (exact) mass is 264 g/mol. The third-order valence-corrected chi connectivity index (χ3v) is 3.53. The Kier molecular flexibility index (Phi) is 1.93. The fraction of sp³-hybridized carbons (Fsp3) is 0. The summed E-state index contributed by atoms with van der Waals surface area (Å²) in [5.74, 6) is -0.364. The van der Waals surface area contributed by atoms with Crippen LogP contribution in [0.1, 0.15) is 15.9 Å². The van der Waals surface area contributed by atoms with Crippen LogP contribution in [0, 0.1) is 0 Å². The van der Waals surface area contributed by atoms with Crippen molar-refractivity contribution in [1.29, 1.82) is 0 Å². The second-order valence-corrected chi connectivity index (χ2v) is 4.65. The van der Waals surface area contributed by atoms with Crippen molar-refractivity contribution in [2.24, 2.45) is 0 Å². The molecule has 0 amide bonds. The van der Waals surface area contributed by atoms with Gasteiger partial charge < -0.3 is 10.1 Å². The number of hydrogen-bond acceptors (Lipinski definition) is 4. The molecule has 0 saturated carbocycles. The van der Waals surface area contributed by atoms with Crippen LogP contribution in [-0.2, 0) is 0 Å². The van der Waals surface area contributed by atoms with E-state index >= 15 is 0 Å². The Morgan fingerprint density at radius 1 is 1.00 bits per heavy atom. The zero-order valence-electron chi connectivity index (χ0n) is 10.2. The number of nitrogens with one attached hydrogen (secondary N) is 1. The second kappa shape index (κ2) is 3.54. The number of hydrogen-bond donors (Lipinski definition) is 2. The number of fused-ring (bicyclic) bond motifs is 2. The Morgan fingerprint density at radius 2 is 1.75 bits per heavy atom. The number of phenolic OH excluding ortho intramolecular Hbond substituents is 1. The van der Waals surface area contributed by atoms with Crippen LogP contribution in [0.25, 0.3) is 22.2 Å². The lowest BCUT2D eigenvalue weighted by Gasteiger charge is -2.19. The minimum Gasteiger partial charge on any atom is -0.507 e. The molecular formula is C15H8N2O3. The molecule has 96 valence electrons. The molecule has 1 aromatic heterocycles. The molecule has 0 fully saturated rings. The van der Waals surface area contributed by atoms with Gasteiger partial charge in [-0.15, -0.1) is 0 Å². The summed E-state index contributed by atoms with van der Waals surface area (Å²) in [6.07, 6.45) is 0. The number of aromatic nitrogens is 2. The van der Waals surface area contributed by atoms with Crippen molar-refractivity contribution in [3.63, 3.8) is 0 Å². The number of aromatic hydroxyl groups is 1. The predicted molar refractivity (Wildman–Crippen MR) is 72.9 cm³/mol. The number of nitrogens with zero attached hydrogens (tertiary/aromatic N) is 1. The quantitative estimate of drug-likeness (QED) is 0.507. The van der Waals surface area contributed by atoms with Crippen molar-refractivity contribution in [1.82, 2.24) is 9.97 Å². The lowest BCUT2D eigenvalue weighted by molar-refractivity contribution is 0.103. The first-order chi connectivity index (χ1) is 9.66. The van der Waals surface area contributed by atoms with Crippen LogP contribution in [0.4, 0.5) is 0 Å². The summed E-state index contributed by atoms with van der Waals surface area (Å²) in [6.45, 7) is 0. The SMILES string of the molecule is O=C1c2ccccc2-c2[nH]c(=O)nc3ccc(O)c1c23. The van der Waals surface area contributed by atoms with Gasteiger partial charge >= 0.3 is 5.69 Å². The first kappa shape index (κ1) is 10.9. The molecule has 5 nitrogen and oxygen atoms in total. The Hall–Kier alpha value is -2.95. The molecule has 5 heteroatoms. The highest BCUT2D eigenvalue weighted by Crippen LogP contribution is 2.39. The topological polar surface area (TPSA) is 83.0 Å². The first-order valence-electron chi connectivity index (χ1n) is 6.07. The number of benzene rings is 2. The van der Waals surface area contributed by atoms with E-state index in [1.807, 2.05) is 0 Å². The number of carbonyl (C=O) groups excluding carboxylic acids is 1. The van der Waals surface area contributed by atoms with E-state index in [9.17, 15) is 14.7 Å². The maximum atomic E-state index is 12.5. The maximum Gasteiger partial charge on any atom is 0.345 e. The van der Waals surface area contributed by atoms with E-state index in [4.69, 9.17) is 0 Å². The molecule has 4 rings (SSSR count). The molecule has 1 heterocycles. The molecule has 3 aromatic rings. The molecule has 20 heavy (non-hydrogen) atoms.